The molecule has 3 nitrogen and oxygen atoms in total. The predicted molar refractivity (Wildman–Crippen MR) is 136 cm³/mol. The van der Waals surface area contributed by atoms with Crippen molar-refractivity contribution in [1.82, 2.24) is 0 Å². The number of benzene rings is 3. The van der Waals surface area contributed by atoms with Gasteiger partial charge in [-0.2, -0.15) is 0 Å². The SMILES string of the molecule is CCC1(OC(=O)COc2c(C)cc([Si]3c4ccccc4-c4ccccc43)cc2C)CCCC1. The van der Waals surface area contributed by atoms with E-state index in [2.05, 4.69) is 81.4 Å². The van der Waals surface area contributed by atoms with Crippen LogP contribution in [0.2, 0.25) is 0 Å². The molecule has 0 atom stereocenters. The Morgan fingerprint density at radius 3 is 2.00 bits per heavy atom. The fourth-order valence-corrected chi connectivity index (χ4v) is 8.73. The van der Waals surface area contributed by atoms with Crippen LogP contribution in [0.4, 0.5) is 0 Å². The minimum Gasteiger partial charge on any atom is -0.481 e. The Morgan fingerprint density at radius 2 is 1.45 bits per heavy atom. The molecule has 0 amide bonds. The molecule has 0 N–H and O–H groups in total. The van der Waals surface area contributed by atoms with Crippen molar-refractivity contribution in [2.75, 3.05) is 6.61 Å². The molecule has 0 unspecified atom stereocenters. The number of fused-ring (bicyclic) bond motifs is 3. The molecule has 33 heavy (non-hydrogen) atoms. The number of aryl methyl sites for hydroxylation is 2. The molecule has 0 bridgehead atoms. The Balaban J connectivity index is 1.38. The van der Waals surface area contributed by atoms with Crippen molar-refractivity contribution >= 4 is 30.3 Å². The van der Waals surface area contributed by atoms with Gasteiger partial charge in [0.25, 0.3) is 0 Å². The molecular weight excluding hydrogens is 424 g/mol. The number of carbonyl (C=O) groups excluding carboxylic acids is 1. The van der Waals surface area contributed by atoms with Gasteiger partial charge in [-0.05, 0) is 83.8 Å². The lowest BCUT2D eigenvalue weighted by molar-refractivity contribution is -0.162. The van der Waals surface area contributed by atoms with E-state index in [4.69, 9.17) is 9.47 Å². The molecule has 169 valence electrons. The highest BCUT2D eigenvalue weighted by atomic mass is 28.3. The largest absolute Gasteiger partial charge is 0.481 e. The lowest BCUT2D eigenvalue weighted by Gasteiger charge is -2.27. The molecule has 0 spiro atoms. The summed E-state index contributed by atoms with van der Waals surface area (Å²) in [6, 6.07) is 22.1. The molecule has 4 heteroatoms. The average Bonchev–Trinajstić information content (AvgIpc) is 3.41. The van der Waals surface area contributed by atoms with Crippen molar-refractivity contribution in [3.8, 4) is 16.9 Å². The quantitative estimate of drug-likeness (QED) is 0.318. The van der Waals surface area contributed by atoms with Crippen LogP contribution in [-0.4, -0.2) is 27.0 Å². The smallest absolute Gasteiger partial charge is 0.344 e. The third-order valence-corrected chi connectivity index (χ3v) is 10.1. The van der Waals surface area contributed by atoms with E-state index >= 15 is 0 Å². The van der Waals surface area contributed by atoms with Gasteiger partial charge < -0.3 is 9.47 Å². The molecule has 1 fully saturated rings. The first-order valence-corrected chi connectivity index (χ1v) is 13.5. The first-order valence-electron chi connectivity index (χ1n) is 12.0. The molecule has 3 aromatic carbocycles. The summed E-state index contributed by atoms with van der Waals surface area (Å²) in [4.78, 5) is 12.6. The Kier molecular flexibility index (Phi) is 5.88. The standard InChI is InChI=1S/C29H31O3Si/c1-4-29(15-9-10-16-29)32-27(30)19-31-28-20(2)17-22(18-21(28)3)33-25-13-7-5-11-23(25)24-12-6-8-14-26(24)33/h5-8,11-14,17-18H,4,9-10,15-16,19H2,1-3H3. The van der Waals surface area contributed by atoms with Gasteiger partial charge in [-0.3, -0.25) is 0 Å². The van der Waals surface area contributed by atoms with Crippen LogP contribution < -0.4 is 20.3 Å². The molecule has 0 aromatic heterocycles. The molecule has 2 aliphatic rings. The van der Waals surface area contributed by atoms with Crippen LogP contribution in [0.25, 0.3) is 11.1 Å². The van der Waals surface area contributed by atoms with Crippen molar-refractivity contribution in [1.29, 1.82) is 0 Å². The maximum atomic E-state index is 12.6. The fraction of sp³-hybridized carbons (Fsp3) is 0.345. The van der Waals surface area contributed by atoms with E-state index in [1.807, 2.05) is 0 Å². The summed E-state index contributed by atoms with van der Waals surface area (Å²) in [5.41, 5.74) is 4.59. The van der Waals surface area contributed by atoms with E-state index in [1.54, 1.807) is 0 Å². The highest BCUT2D eigenvalue weighted by Gasteiger charge is 2.36. The second kappa shape index (κ2) is 8.83. The molecule has 1 aliphatic carbocycles. The van der Waals surface area contributed by atoms with Crippen molar-refractivity contribution < 1.29 is 14.3 Å². The van der Waals surface area contributed by atoms with Crippen LogP contribution in [0.5, 0.6) is 5.75 Å². The fourth-order valence-electron chi connectivity index (χ4n) is 5.60. The summed E-state index contributed by atoms with van der Waals surface area (Å²) in [5.74, 6) is 0.544. The number of hydrogen-bond donors (Lipinski definition) is 0. The van der Waals surface area contributed by atoms with Crippen LogP contribution in [0, 0.1) is 13.8 Å². The van der Waals surface area contributed by atoms with Crippen LogP contribution in [-0.2, 0) is 9.53 Å². The molecule has 1 radical (unpaired) electrons. The number of carbonyl (C=O) groups is 1. The Bertz CT molecular complexity index is 1120. The summed E-state index contributed by atoms with van der Waals surface area (Å²) in [6.45, 7) is 6.23. The van der Waals surface area contributed by atoms with E-state index in [1.165, 1.54) is 26.7 Å². The molecule has 0 saturated heterocycles. The molecule has 1 heterocycles. The van der Waals surface area contributed by atoms with E-state index in [0.717, 1.165) is 49.0 Å². The van der Waals surface area contributed by atoms with E-state index in [9.17, 15) is 4.79 Å². The van der Waals surface area contributed by atoms with Crippen LogP contribution in [0.1, 0.15) is 50.2 Å². The lowest BCUT2D eigenvalue weighted by atomic mass is 9.99. The Morgan fingerprint density at radius 1 is 0.909 bits per heavy atom. The van der Waals surface area contributed by atoms with Gasteiger partial charge in [-0.25, -0.2) is 4.79 Å². The van der Waals surface area contributed by atoms with Crippen molar-refractivity contribution in [2.45, 2.75) is 58.5 Å². The summed E-state index contributed by atoms with van der Waals surface area (Å²) >= 11 is 0. The second-order valence-corrected chi connectivity index (χ2v) is 11.8. The third-order valence-electron chi connectivity index (χ3n) is 7.26. The highest BCUT2D eigenvalue weighted by Crippen LogP contribution is 2.36. The highest BCUT2D eigenvalue weighted by molar-refractivity contribution is 6.99. The Hall–Kier alpha value is -2.85. The minimum absolute atomic E-state index is 0.0355. The second-order valence-electron chi connectivity index (χ2n) is 9.41. The maximum Gasteiger partial charge on any atom is 0.344 e. The van der Waals surface area contributed by atoms with Gasteiger partial charge in [0.1, 0.15) is 11.4 Å². The maximum absolute atomic E-state index is 12.6. The summed E-state index contributed by atoms with van der Waals surface area (Å²) < 4.78 is 11.9. The lowest BCUT2D eigenvalue weighted by Crippen LogP contribution is -2.49. The van der Waals surface area contributed by atoms with Crippen molar-refractivity contribution in [3.05, 3.63) is 71.8 Å². The van der Waals surface area contributed by atoms with Gasteiger partial charge in [-0.15, -0.1) is 0 Å². The van der Waals surface area contributed by atoms with Crippen LogP contribution in [0.15, 0.2) is 60.7 Å². The average molecular weight is 456 g/mol. The van der Waals surface area contributed by atoms with Gasteiger partial charge in [0.05, 0.1) is 0 Å². The topological polar surface area (TPSA) is 35.5 Å². The normalized spacial score (nSPS) is 16.3. The van der Waals surface area contributed by atoms with Crippen LogP contribution in [0.3, 0.4) is 0 Å². The van der Waals surface area contributed by atoms with Gasteiger partial charge in [0, 0.05) is 0 Å². The number of hydrogen-bond acceptors (Lipinski definition) is 3. The third kappa shape index (κ3) is 4.01. The predicted octanol–water partition coefficient (Wildman–Crippen LogP) is 4.44. The molecule has 1 saturated carbocycles. The number of ether oxygens (including phenoxy) is 2. The van der Waals surface area contributed by atoms with E-state index in [0.29, 0.717) is 0 Å². The molecule has 3 aromatic rings. The zero-order chi connectivity index (χ0) is 23.0. The van der Waals surface area contributed by atoms with E-state index in [-0.39, 0.29) is 18.2 Å². The number of esters is 1. The van der Waals surface area contributed by atoms with Gasteiger partial charge in [0.15, 0.2) is 15.4 Å². The minimum atomic E-state index is -1.07. The first kappa shape index (κ1) is 22.0. The summed E-state index contributed by atoms with van der Waals surface area (Å²) in [7, 11) is -1.07. The summed E-state index contributed by atoms with van der Waals surface area (Å²) in [6.07, 6.45) is 5.08. The van der Waals surface area contributed by atoms with Crippen molar-refractivity contribution in [2.24, 2.45) is 0 Å². The first-order chi connectivity index (χ1) is 16.0. The van der Waals surface area contributed by atoms with Gasteiger partial charge in [-0.1, -0.05) is 67.6 Å². The molecule has 1 aliphatic heterocycles. The molecule has 5 rings (SSSR count). The monoisotopic (exact) mass is 455 g/mol. The zero-order valence-corrected chi connectivity index (χ0v) is 20.7. The molecular formula is C29H31O3Si. The Labute approximate surface area is 198 Å². The van der Waals surface area contributed by atoms with Gasteiger partial charge >= 0.3 is 5.97 Å². The van der Waals surface area contributed by atoms with Gasteiger partial charge in [0.2, 0.25) is 0 Å². The van der Waals surface area contributed by atoms with E-state index < -0.39 is 8.80 Å². The van der Waals surface area contributed by atoms with Crippen LogP contribution >= 0.6 is 0 Å². The van der Waals surface area contributed by atoms with Crippen molar-refractivity contribution in [3.63, 3.8) is 0 Å². The summed E-state index contributed by atoms with van der Waals surface area (Å²) in [5, 5.41) is 4.25. The zero-order valence-electron chi connectivity index (χ0n) is 19.7. The number of rotatable bonds is 6.